The van der Waals surface area contributed by atoms with Gasteiger partial charge in [-0.15, -0.1) is 0 Å². The Morgan fingerprint density at radius 1 is 0.912 bits per heavy atom. The van der Waals surface area contributed by atoms with Gasteiger partial charge in [0.2, 0.25) is 0 Å². The van der Waals surface area contributed by atoms with Crippen LogP contribution in [-0.4, -0.2) is 58.1 Å². The van der Waals surface area contributed by atoms with Crippen LogP contribution in [0.25, 0.3) is 22.4 Å². The number of carbonyl (C=O) groups is 2. The number of aryl methyl sites for hydroxylation is 2. The minimum absolute atomic E-state index is 0.116. The van der Waals surface area contributed by atoms with E-state index >= 15 is 0 Å². The van der Waals surface area contributed by atoms with E-state index in [1.807, 2.05) is 61.5 Å². The largest absolute Gasteiger partial charge is 0.335 e. The van der Waals surface area contributed by atoms with Gasteiger partial charge in [-0.1, -0.05) is 47.6 Å². The van der Waals surface area contributed by atoms with E-state index in [1.54, 1.807) is 22.8 Å². The second-order valence-electron chi connectivity index (χ2n) is 8.45. The van der Waals surface area contributed by atoms with Crippen LogP contribution in [0.3, 0.4) is 0 Å². The topological polar surface area (TPSA) is 91.6 Å². The first kappa shape index (κ1) is 21.6. The third-order valence-corrected chi connectivity index (χ3v) is 6.04. The highest BCUT2D eigenvalue weighted by molar-refractivity contribution is 6.07. The van der Waals surface area contributed by atoms with Gasteiger partial charge in [-0.3, -0.25) is 4.79 Å². The lowest BCUT2D eigenvalue weighted by Crippen LogP contribution is -2.51. The molecule has 1 saturated heterocycles. The highest BCUT2D eigenvalue weighted by Crippen LogP contribution is 2.28. The fourth-order valence-electron chi connectivity index (χ4n) is 4.23. The fraction of sp³-hybridized carbons (Fsp3) is 0.231. The Labute approximate surface area is 197 Å². The van der Waals surface area contributed by atoms with Crippen LogP contribution in [0.15, 0.2) is 65.2 Å². The van der Waals surface area contributed by atoms with Gasteiger partial charge in [-0.2, -0.15) is 0 Å². The van der Waals surface area contributed by atoms with Crippen LogP contribution >= 0.6 is 0 Å². The van der Waals surface area contributed by atoms with Crippen molar-refractivity contribution in [2.45, 2.75) is 13.8 Å². The minimum Gasteiger partial charge on any atom is -0.335 e. The molecule has 4 aromatic rings. The number of benzene rings is 2. The van der Waals surface area contributed by atoms with Gasteiger partial charge in [0, 0.05) is 37.4 Å². The summed E-state index contributed by atoms with van der Waals surface area (Å²) < 4.78 is 5.41. The number of nitrogens with zero attached hydrogens (tertiary/aromatic N) is 4. The average Bonchev–Trinajstić information content (AvgIpc) is 3.24. The van der Waals surface area contributed by atoms with E-state index in [0.29, 0.717) is 54.2 Å². The van der Waals surface area contributed by atoms with Gasteiger partial charge in [-0.25, -0.2) is 9.78 Å². The van der Waals surface area contributed by atoms with Crippen LogP contribution < -0.4 is 5.32 Å². The Bertz CT molecular complexity index is 1360. The van der Waals surface area contributed by atoms with E-state index in [1.165, 1.54) is 0 Å². The zero-order valence-electron chi connectivity index (χ0n) is 19.1. The average molecular weight is 456 g/mol. The number of urea groups is 1. The van der Waals surface area contributed by atoms with Crippen LogP contribution in [0.4, 0.5) is 10.5 Å². The van der Waals surface area contributed by atoms with Crippen LogP contribution in [-0.2, 0) is 0 Å². The first-order valence-corrected chi connectivity index (χ1v) is 11.2. The second-order valence-corrected chi connectivity index (χ2v) is 8.45. The third-order valence-electron chi connectivity index (χ3n) is 6.04. The maximum absolute atomic E-state index is 13.6. The van der Waals surface area contributed by atoms with Crippen molar-refractivity contribution in [1.82, 2.24) is 19.9 Å². The molecule has 0 unspecified atom stereocenters. The Hall–Kier alpha value is -4.20. The molecular formula is C26H25N5O3. The molecule has 0 aliphatic carbocycles. The molecule has 1 aliphatic rings. The maximum atomic E-state index is 13.6. The normalized spacial score (nSPS) is 13.8. The number of hydrogen-bond acceptors (Lipinski definition) is 5. The van der Waals surface area contributed by atoms with Gasteiger partial charge in [-0.05, 0) is 37.6 Å². The molecule has 3 amide bonds. The molecular weight excluding hydrogens is 430 g/mol. The predicted molar refractivity (Wildman–Crippen MR) is 130 cm³/mol. The molecule has 3 heterocycles. The lowest BCUT2D eigenvalue weighted by molar-refractivity contribution is 0.0673. The molecule has 0 atom stereocenters. The SMILES string of the molecule is Cc1cccc(NC(=O)N2CCN(C(=O)c3cc(-c4ccccc4)nc4onc(C)c34)CC2)c1. The number of hydrogen-bond donors (Lipinski definition) is 1. The van der Waals surface area contributed by atoms with Gasteiger partial charge in [0.15, 0.2) is 0 Å². The first-order chi connectivity index (χ1) is 16.5. The summed E-state index contributed by atoms with van der Waals surface area (Å²) in [5.74, 6) is -0.116. The lowest BCUT2D eigenvalue weighted by Gasteiger charge is -2.34. The number of amides is 3. The number of rotatable bonds is 3. The van der Waals surface area contributed by atoms with E-state index in [0.717, 1.165) is 16.8 Å². The van der Waals surface area contributed by atoms with Crippen LogP contribution in [0.1, 0.15) is 21.6 Å². The Morgan fingerprint density at radius 2 is 1.65 bits per heavy atom. The monoisotopic (exact) mass is 455 g/mol. The summed E-state index contributed by atoms with van der Waals surface area (Å²) in [5, 5.41) is 7.60. The summed E-state index contributed by atoms with van der Waals surface area (Å²) in [7, 11) is 0. The van der Waals surface area contributed by atoms with Gasteiger partial charge in [0.1, 0.15) is 0 Å². The van der Waals surface area contributed by atoms with Crippen molar-refractivity contribution in [3.8, 4) is 11.3 Å². The second kappa shape index (κ2) is 8.97. The summed E-state index contributed by atoms with van der Waals surface area (Å²) in [5.41, 5.74) is 4.88. The Balaban J connectivity index is 1.34. The summed E-state index contributed by atoms with van der Waals surface area (Å²) in [6.07, 6.45) is 0. The molecule has 1 N–H and O–H groups in total. The molecule has 0 saturated carbocycles. The summed E-state index contributed by atoms with van der Waals surface area (Å²) in [6, 6.07) is 19.0. The minimum atomic E-state index is -0.162. The molecule has 34 heavy (non-hydrogen) atoms. The molecule has 172 valence electrons. The first-order valence-electron chi connectivity index (χ1n) is 11.2. The highest BCUT2D eigenvalue weighted by Gasteiger charge is 2.28. The van der Waals surface area contributed by atoms with Crippen LogP contribution in [0.5, 0.6) is 0 Å². The van der Waals surface area contributed by atoms with Crippen molar-refractivity contribution >= 4 is 28.7 Å². The van der Waals surface area contributed by atoms with Crippen molar-refractivity contribution in [2.75, 3.05) is 31.5 Å². The molecule has 0 spiro atoms. The van der Waals surface area contributed by atoms with E-state index in [2.05, 4.69) is 15.5 Å². The smallest absolute Gasteiger partial charge is 0.321 e. The van der Waals surface area contributed by atoms with Gasteiger partial charge in [0.05, 0.1) is 22.3 Å². The van der Waals surface area contributed by atoms with Gasteiger partial charge >= 0.3 is 6.03 Å². The van der Waals surface area contributed by atoms with E-state index in [4.69, 9.17) is 4.52 Å². The Kier molecular flexibility index (Phi) is 5.71. The lowest BCUT2D eigenvalue weighted by atomic mass is 10.0. The van der Waals surface area contributed by atoms with E-state index in [-0.39, 0.29) is 11.9 Å². The van der Waals surface area contributed by atoms with Gasteiger partial charge < -0.3 is 19.6 Å². The molecule has 2 aromatic heterocycles. The van der Waals surface area contributed by atoms with Crippen molar-refractivity contribution in [3.05, 3.63) is 77.5 Å². The molecule has 1 aliphatic heterocycles. The standard InChI is InChI=1S/C26H25N5O3/c1-17-7-6-10-20(15-17)27-26(33)31-13-11-30(12-14-31)25(32)21-16-22(19-8-4-3-5-9-19)28-24-23(21)18(2)29-34-24/h3-10,15-16H,11-14H2,1-2H3,(H,27,33). The summed E-state index contributed by atoms with van der Waals surface area (Å²) >= 11 is 0. The number of aromatic nitrogens is 2. The van der Waals surface area contributed by atoms with Crippen molar-refractivity contribution in [2.24, 2.45) is 0 Å². The third kappa shape index (κ3) is 4.22. The van der Waals surface area contributed by atoms with Gasteiger partial charge in [0.25, 0.3) is 11.6 Å². The van der Waals surface area contributed by atoms with Crippen molar-refractivity contribution in [1.29, 1.82) is 0 Å². The highest BCUT2D eigenvalue weighted by atomic mass is 16.5. The number of nitrogens with one attached hydrogen (secondary N) is 1. The molecule has 8 heteroatoms. The quantitative estimate of drug-likeness (QED) is 0.491. The number of anilines is 1. The Morgan fingerprint density at radius 3 is 2.38 bits per heavy atom. The number of pyridine rings is 1. The molecule has 1 fully saturated rings. The molecule has 0 radical (unpaired) electrons. The number of fused-ring (bicyclic) bond motifs is 1. The van der Waals surface area contributed by atoms with Crippen LogP contribution in [0, 0.1) is 13.8 Å². The molecule has 8 nitrogen and oxygen atoms in total. The zero-order chi connectivity index (χ0) is 23.7. The predicted octanol–water partition coefficient (Wildman–Crippen LogP) is 4.50. The number of carbonyl (C=O) groups excluding carboxylic acids is 2. The molecule has 0 bridgehead atoms. The van der Waals surface area contributed by atoms with E-state index in [9.17, 15) is 9.59 Å². The molecule has 2 aromatic carbocycles. The van der Waals surface area contributed by atoms with Crippen LogP contribution in [0.2, 0.25) is 0 Å². The van der Waals surface area contributed by atoms with Crippen molar-refractivity contribution in [3.63, 3.8) is 0 Å². The maximum Gasteiger partial charge on any atom is 0.321 e. The van der Waals surface area contributed by atoms with Crippen molar-refractivity contribution < 1.29 is 14.1 Å². The summed E-state index contributed by atoms with van der Waals surface area (Å²) in [6.45, 7) is 5.57. The zero-order valence-corrected chi connectivity index (χ0v) is 19.1. The fourth-order valence-corrected chi connectivity index (χ4v) is 4.23. The number of piperazine rings is 1. The molecule has 5 rings (SSSR count). The van der Waals surface area contributed by atoms with E-state index < -0.39 is 0 Å². The summed E-state index contributed by atoms with van der Waals surface area (Å²) in [4.78, 5) is 34.3.